The van der Waals surface area contributed by atoms with Gasteiger partial charge in [0.1, 0.15) is 5.75 Å². The summed E-state index contributed by atoms with van der Waals surface area (Å²) >= 11 is 0. The Morgan fingerprint density at radius 1 is 1.00 bits per heavy atom. The van der Waals surface area contributed by atoms with Gasteiger partial charge in [-0.1, -0.05) is 42.5 Å². The van der Waals surface area contributed by atoms with Gasteiger partial charge in [-0.2, -0.15) is 0 Å². The first-order valence-corrected chi connectivity index (χ1v) is 8.19. The van der Waals surface area contributed by atoms with Crippen molar-refractivity contribution in [3.63, 3.8) is 0 Å². The average Bonchev–Trinajstić information content (AvgIpc) is 2.62. The summed E-state index contributed by atoms with van der Waals surface area (Å²) in [4.78, 5) is 23.7. The quantitative estimate of drug-likeness (QED) is 0.749. The zero-order valence-electron chi connectivity index (χ0n) is 14.6. The number of ether oxygens (including phenoxy) is 2. The van der Waals surface area contributed by atoms with Crippen molar-refractivity contribution in [3.05, 3.63) is 65.2 Å². The second-order valence-electron chi connectivity index (χ2n) is 5.68. The number of amides is 1. The number of para-hydroxylation sites is 1. The second kappa shape index (κ2) is 9.47. The van der Waals surface area contributed by atoms with Crippen LogP contribution in [0.1, 0.15) is 16.7 Å². The SMILES string of the molecule is COc1ccccc1CC(=O)OCC(=O)NCCc1ccccc1C. The highest BCUT2D eigenvalue weighted by Gasteiger charge is 2.11. The number of hydrogen-bond donors (Lipinski definition) is 1. The Balaban J connectivity index is 1.71. The van der Waals surface area contributed by atoms with Crippen LogP contribution in [0.2, 0.25) is 0 Å². The maximum Gasteiger partial charge on any atom is 0.310 e. The first-order valence-electron chi connectivity index (χ1n) is 8.19. The van der Waals surface area contributed by atoms with Crippen molar-refractivity contribution in [2.45, 2.75) is 19.8 Å². The first-order chi connectivity index (χ1) is 12.1. The monoisotopic (exact) mass is 341 g/mol. The molecule has 2 aromatic rings. The number of hydrogen-bond acceptors (Lipinski definition) is 4. The largest absolute Gasteiger partial charge is 0.496 e. The third kappa shape index (κ3) is 5.95. The molecule has 2 rings (SSSR count). The van der Waals surface area contributed by atoms with Gasteiger partial charge >= 0.3 is 5.97 Å². The van der Waals surface area contributed by atoms with Crippen molar-refractivity contribution in [3.8, 4) is 5.75 Å². The second-order valence-corrected chi connectivity index (χ2v) is 5.68. The highest BCUT2D eigenvalue weighted by molar-refractivity contribution is 5.81. The van der Waals surface area contributed by atoms with Gasteiger partial charge in [-0.3, -0.25) is 9.59 Å². The molecule has 0 radical (unpaired) electrons. The number of carbonyl (C=O) groups is 2. The van der Waals surface area contributed by atoms with Gasteiger partial charge in [-0.15, -0.1) is 0 Å². The van der Waals surface area contributed by atoms with Crippen molar-refractivity contribution in [1.82, 2.24) is 5.32 Å². The van der Waals surface area contributed by atoms with Crippen LogP contribution in [0.25, 0.3) is 0 Å². The maximum absolute atomic E-state index is 11.9. The van der Waals surface area contributed by atoms with Crippen molar-refractivity contribution in [2.24, 2.45) is 0 Å². The maximum atomic E-state index is 11.9. The van der Waals surface area contributed by atoms with Crippen molar-refractivity contribution >= 4 is 11.9 Å². The van der Waals surface area contributed by atoms with Crippen molar-refractivity contribution in [2.75, 3.05) is 20.3 Å². The minimum atomic E-state index is -0.460. The molecule has 0 bridgehead atoms. The summed E-state index contributed by atoms with van der Waals surface area (Å²) in [6.45, 7) is 2.27. The summed E-state index contributed by atoms with van der Waals surface area (Å²) in [5.74, 6) is -0.136. The van der Waals surface area contributed by atoms with Crippen LogP contribution >= 0.6 is 0 Å². The molecule has 0 heterocycles. The Morgan fingerprint density at radius 2 is 1.68 bits per heavy atom. The van der Waals surface area contributed by atoms with E-state index >= 15 is 0 Å². The molecule has 5 heteroatoms. The Kier molecular flexibility index (Phi) is 7.01. The van der Waals surface area contributed by atoms with Gasteiger partial charge in [0.15, 0.2) is 6.61 Å². The Morgan fingerprint density at radius 3 is 2.40 bits per heavy atom. The number of aryl methyl sites for hydroxylation is 1. The fraction of sp³-hybridized carbons (Fsp3) is 0.300. The molecule has 0 fully saturated rings. The minimum absolute atomic E-state index is 0.0699. The third-order valence-electron chi connectivity index (χ3n) is 3.87. The van der Waals surface area contributed by atoms with Gasteiger partial charge < -0.3 is 14.8 Å². The fourth-order valence-corrected chi connectivity index (χ4v) is 2.48. The molecule has 0 atom stereocenters. The number of rotatable bonds is 8. The van der Waals surface area contributed by atoms with E-state index in [0.29, 0.717) is 12.3 Å². The molecule has 1 amide bonds. The Labute approximate surface area is 148 Å². The smallest absolute Gasteiger partial charge is 0.310 e. The molecule has 2 aromatic carbocycles. The average molecular weight is 341 g/mol. The van der Waals surface area contributed by atoms with E-state index in [2.05, 4.69) is 5.32 Å². The summed E-state index contributed by atoms with van der Waals surface area (Å²) in [7, 11) is 1.55. The van der Waals surface area contributed by atoms with Gasteiger partial charge in [-0.05, 0) is 30.5 Å². The Bertz CT molecular complexity index is 727. The molecule has 5 nitrogen and oxygen atoms in total. The molecule has 0 aliphatic rings. The molecule has 25 heavy (non-hydrogen) atoms. The van der Waals surface area contributed by atoms with Gasteiger partial charge in [0, 0.05) is 12.1 Å². The molecular weight excluding hydrogens is 318 g/mol. The van der Waals surface area contributed by atoms with Gasteiger partial charge in [0.25, 0.3) is 5.91 Å². The molecular formula is C20H23NO4. The van der Waals surface area contributed by atoms with E-state index in [4.69, 9.17) is 9.47 Å². The first kappa shape index (κ1) is 18.5. The molecule has 132 valence electrons. The van der Waals surface area contributed by atoms with E-state index in [-0.39, 0.29) is 18.9 Å². The van der Waals surface area contributed by atoms with Crippen LogP contribution in [-0.2, 0) is 27.2 Å². The molecule has 1 N–H and O–H groups in total. The molecule has 0 aromatic heterocycles. The lowest BCUT2D eigenvalue weighted by Gasteiger charge is -2.09. The van der Waals surface area contributed by atoms with E-state index in [1.807, 2.05) is 43.3 Å². The zero-order valence-corrected chi connectivity index (χ0v) is 14.6. The van der Waals surface area contributed by atoms with Gasteiger partial charge in [-0.25, -0.2) is 0 Å². The minimum Gasteiger partial charge on any atom is -0.496 e. The lowest BCUT2D eigenvalue weighted by atomic mass is 10.1. The van der Waals surface area contributed by atoms with Crippen LogP contribution in [0, 0.1) is 6.92 Å². The summed E-state index contributed by atoms with van der Waals surface area (Å²) < 4.78 is 10.2. The van der Waals surface area contributed by atoms with Crippen LogP contribution < -0.4 is 10.1 Å². The summed E-state index contributed by atoms with van der Waals surface area (Å²) in [5.41, 5.74) is 3.12. The summed E-state index contributed by atoms with van der Waals surface area (Å²) in [6, 6.07) is 15.3. The van der Waals surface area contributed by atoms with E-state index in [0.717, 1.165) is 12.0 Å². The van der Waals surface area contributed by atoms with Gasteiger partial charge in [0.05, 0.1) is 13.5 Å². The lowest BCUT2D eigenvalue weighted by molar-refractivity contribution is -0.147. The van der Waals surface area contributed by atoms with E-state index in [1.54, 1.807) is 19.2 Å². The van der Waals surface area contributed by atoms with Crippen LogP contribution in [0.3, 0.4) is 0 Å². The fourth-order valence-electron chi connectivity index (χ4n) is 2.48. The zero-order chi connectivity index (χ0) is 18.1. The summed E-state index contributed by atoms with van der Waals surface area (Å²) in [6.07, 6.45) is 0.814. The highest BCUT2D eigenvalue weighted by atomic mass is 16.5. The summed E-state index contributed by atoms with van der Waals surface area (Å²) in [5, 5.41) is 2.76. The predicted octanol–water partition coefficient (Wildman–Crippen LogP) is 2.45. The van der Waals surface area contributed by atoms with Crippen LogP contribution in [-0.4, -0.2) is 32.1 Å². The topological polar surface area (TPSA) is 64.6 Å². The number of benzene rings is 2. The van der Waals surface area contributed by atoms with Crippen LogP contribution in [0.5, 0.6) is 5.75 Å². The molecule has 0 unspecified atom stereocenters. The normalized spacial score (nSPS) is 10.2. The van der Waals surface area contributed by atoms with Gasteiger partial charge in [0.2, 0.25) is 0 Å². The van der Waals surface area contributed by atoms with Crippen LogP contribution in [0.4, 0.5) is 0 Å². The number of carbonyl (C=O) groups excluding carboxylic acids is 2. The lowest BCUT2D eigenvalue weighted by Crippen LogP contribution is -2.30. The van der Waals surface area contributed by atoms with Crippen molar-refractivity contribution in [1.29, 1.82) is 0 Å². The predicted molar refractivity (Wildman–Crippen MR) is 95.5 cm³/mol. The standard InChI is InChI=1S/C20H23NO4/c1-15-7-3-4-8-16(15)11-12-21-19(22)14-25-20(23)13-17-9-5-6-10-18(17)24-2/h3-10H,11-14H2,1-2H3,(H,21,22). The van der Waals surface area contributed by atoms with Crippen molar-refractivity contribution < 1.29 is 19.1 Å². The number of esters is 1. The molecule has 0 saturated carbocycles. The molecule has 0 saturated heterocycles. The van der Waals surface area contributed by atoms with Crippen LogP contribution in [0.15, 0.2) is 48.5 Å². The van der Waals surface area contributed by atoms with E-state index in [9.17, 15) is 9.59 Å². The number of methoxy groups -OCH3 is 1. The van der Waals surface area contributed by atoms with E-state index < -0.39 is 5.97 Å². The third-order valence-corrected chi connectivity index (χ3v) is 3.87. The Hall–Kier alpha value is -2.82. The number of nitrogens with one attached hydrogen (secondary N) is 1. The molecule has 0 aliphatic heterocycles. The molecule has 0 spiro atoms. The highest BCUT2D eigenvalue weighted by Crippen LogP contribution is 2.17. The molecule has 0 aliphatic carbocycles. The van der Waals surface area contributed by atoms with E-state index in [1.165, 1.54) is 11.1 Å².